The van der Waals surface area contributed by atoms with Gasteiger partial charge in [0.2, 0.25) is 5.91 Å². The molecule has 22 heavy (non-hydrogen) atoms. The molecule has 0 aromatic heterocycles. The Kier molecular flexibility index (Phi) is 5.88. The number of hydrogen-bond donors (Lipinski definition) is 4. The lowest BCUT2D eigenvalue weighted by Crippen LogP contribution is -2.53. The maximum Gasteiger partial charge on any atom is 0.322 e. The van der Waals surface area contributed by atoms with Crippen molar-refractivity contribution in [3.63, 3.8) is 0 Å². The van der Waals surface area contributed by atoms with Gasteiger partial charge in [0.25, 0.3) is 0 Å². The van der Waals surface area contributed by atoms with Crippen molar-refractivity contribution in [3.8, 4) is 0 Å². The number of amides is 1. The van der Waals surface area contributed by atoms with Crippen LogP contribution in [0.15, 0.2) is 24.3 Å². The topological polar surface area (TPSA) is 102 Å². The van der Waals surface area contributed by atoms with E-state index in [0.29, 0.717) is 26.1 Å². The third-order valence-electron chi connectivity index (χ3n) is 3.75. The van der Waals surface area contributed by atoms with Gasteiger partial charge in [-0.1, -0.05) is 24.3 Å². The lowest BCUT2D eigenvalue weighted by Gasteiger charge is -2.31. The van der Waals surface area contributed by atoms with Crippen LogP contribution in [0.25, 0.3) is 0 Å². The van der Waals surface area contributed by atoms with Crippen LogP contribution in [0, 0.1) is 0 Å². The van der Waals surface area contributed by atoms with Gasteiger partial charge in [0.1, 0.15) is 6.04 Å². The third-order valence-corrected chi connectivity index (χ3v) is 3.75. The molecule has 1 atom stereocenters. The van der Waals surface area contributed by atoms with E-state index >= 15 is 0 Å². The van der Waals surface area contributed by atoms with Gasteiger partial charge in [0, 0.05) is 32.6 Å². The Hall–Kier alpha value is -1.96. The Morgan fingerprint density at radius 2 is 1.95 bits per heavy atom. The summed E-state index contributed by atoms with van der Waals surface area (Å²) in [5.41, 5.74) is 3.75. The molecule has 2 rings (SSSR count). The fourth-order valence-electron chi connectivity index (χ4n) is 2.50. The van der Waals surface area contributed by atoms with Gasteiger partial charge < -0.3 is 10.4 Å². The maximum absolute atomic E-state index is 11.0. The van der Waals surface area contributed by atoms with E-state index in [2.05, 4.69) is 10.2 Å². The van der Waals surface area contributed by atoms with Crippen molar-refractivity contribution < 1.29 is 19.9 Å². The first-order valence-corrected chi connectivity index (χ1v) is 7.28. The molecule has 1 saturated heterocycles. The molecule has 1 aromatic rings. The molecule has 120 valence electrons. The quantitative estimate of drug-likeness (QED) is 0.435. The molecule has 4 N–H and O–H groups in total. The highest BCUT2D eigenvalue weighted by Crippen LogP contribution is 2.11. The maximum atomic E-state index is 11.0. The summed E-state index contributed by atoms with van der Waals surface area (Å²) in [6, 6.07) is 7.38. The van der Waals surface area contributed by atoms with Crippen molar-refractivity contribution in [1.82, 2.24) is 15.7 Å². The molecule has 1 amide bonds. The minimum absolute atomic E-state index is 0.244. The number of carboxylic acid groups (broad SMARTS) is 1. The predicted octanol–water partition coefficient (Wildman–Crippen LogP) is -0.0170. The molecule has 1 aromatic carbocycles. The highest BCUT2D eigenvalue weighted by molar-refractivity contribution is 5.74. The first kappa shape index (κ1) is 16.4. The molecule has 0 aliphatic carbocycles. The Labute approximate surface area is 128 Å². The number of rotatable bonds is 6. The van der Waals surface area contributed by atoms with Gasteiger partial charge in [-0.2, -0.15) is 0 Å². The minimum atomic E-state index is -0.817. The zero-order valence-electron chi connectivity index (χ0n) is 12.3. The van der Waals surface area contributed by atoms with E-state index in [1.807, 2.05) is 24.3 Å². The molecule has 7 heteroatoms. The molecule has 0 radical (unpaired) electrons. The van der Waals surface area contributed by atoms with Gasteiger partial charge >= 0.3 is 5.97 Å². The molecular weight excluding hydrogens is 286 g/mol. The zero-order chi connectivity index (χ0) is 15.9. The minimum Gasteiger partial charge on any atom is -0.480 e. The van der Waals surface area contributed by atoms with E-state index in [4.69, 9.17) is 10.3 Å². The summed E-state index contributed by atoms with van der Waals surface area (Å²) < 4.78 is 0. The number of benzene rings is 1. The van der Waals surface area contributed by atoms with Gasteiger partial charge in [-0.15, -0.1) is 0 Å². The summed E-state index contributed by atoms with van der Waals surface area (Å²) in [7, 11) is 0. The lowest BCUT2D eigenvalue weighted by atomic mass is 10.1. The van der Waals surface area contributed by atoms with Gasteiger partial charge in [0.05, 0.1) is 0 Å². The van der Waals surface area contributed by atoms with Gasteiger partial charge in [-0.3, -0.25) is 19.7 Å². The highest BCUT2D eigenvalue weighted by Gasteiger charge is 2.24. The summed E-state index contributed by atoms with van der Waals surface area (Å²) in [6.07, 6.45) is 0.815. The van der Waals surface area contributed by atoms with Crippen LogP contribution in [0.3, 0.4) is 0 Å². The van der Waals surface area contributed by atoms with E-state index in [-0.39, 0.29) is 6.42 Å². The molecule has 1 heterocycles. The Bertz CT molecular complexity index is 518. The van der Waals surface area contributed by atoms with E-state index in [1.54, 1.807) is 5.48 Å². The van der Waals surface area contributed by atoms with Crippen LogP contribution in [-0.2, 0) is 22.6 Å². The Morgan fingerprint density at radius 1 is 1.27 bits per heavy atom. The summed E-state index contributed by atoms with van der Waals surface area (Å²) in [5, 5.41) is 20.5. The molecule has 1 aliphatic rings. The molecule has 1 aliphatic heterocycles. The van der Waals surface area contributed by atoms with Crippen molar-refractivity contribution in [3.05, 3.63) is 35.4 Å². The number of aliphatic carboxylic acids is 1. The number of hydroxylamine groups is 1. The fourth-order valence-corrected chi connectivity index (χ4v) is 2.50. The van der Waals surface area contributed by atoms with Gasteiger partial charge in [-0.25, -0.2) is 5.48 Å². The van der Waals surface area contributed by atoms with Crippen LogP contribution in [0.1, 0.15) is 17.5 Å². The van der Waals surface area contributed by atoms with Crippen LogP contribution in [0.4, 0.5) is 0 Å². The summed E-state index contributed by atoms with van der Waals surface area (Å²) in [5.74, 6) is -1.22. The second-order valence-electron chi connectivity index (χ2n) is 5.43. The first-order chi connectivity index (χ1) is 10.6. The van der Waals surface area contributed by atoms with Crippen LogP contribution >= 0.6 is 0 Å². The van der Waals surface area contributed by atoms with Gasteiger partial charge in [0.15, 0.2) is 0 Å². The van der Waals surface area contributed by atoms with Crippen molar-refractivity contribution >= 4 is 11.9 Å². The molecular formula is C15H21N3O4. The standard InChI is InChI=1S/C15H21N3O4/c19-14(17-22)6-5-11-1-3-12(4-2-11)9-18-8-7-16-13(10-18)15(20)21/h1-4,13,16,22H,5-10H2,(H,17,19)(H,20,21). The Morgan fingerprint density at radius 3 is 2.59 bits per heavy atom. The monoisotopic (exact) mass is 307 g/mol. The van der Waals surface area contributed by atoms with Gasteiger partial charge in [-0.05, 0) is 17.5 Å². The number of nitrogens with one attached hydrogen (secondary N) is 2. The fraction of sp³-hybridized carbons (Fsp3) is 0.467. The van der Waals surface area contributed by atoms with Crippen molar-refractivity contribution in [1.29, 1.82) is 0 Å². The molecule has 7 nitrogen and oxygen atoms in total. The van der Waals surface area contributed by atoms with Crippen molar-refractivity contribution in [2.24, 2.45) is 0 Å². The number of carboxylic acids is 1. The smallest absolute Gasteiger partial charge is 0.322 e. The largest absolute Gasteiger partial charge is 0.480 e. The van der Waals surface area contributed by atoms with Crippen molar-refractivity contribution in [2.45, 2.75) is 25.4 Å². The normalized spacial score (nSPS) is 18.9. The third kappa shape index (κ3) is 4.80. The molecule has 1 fully saturated rings. The number of carbonyl (C=O) groups excluding carboxylic acids is 1. The highest BCUT2D eigenvalue weighted by atomic mass is 16.5. The number of aryl methyl sites for hydroxylation is 1. The number of piperazine rings is 1. The van der Waals surface area contributed by atoms with E-state index in [1.165, 1.54) is 0 Å². The predicted molar refractivity (Wildman–Crippen MR) is 79.4 cm³/mol. The second kappa shape index (κ2) is 7.88. The van der Waals surface area contributed by atoms with Crippen LogP contribution in [-0.4, -0.2) is 52.8 Å². The van der Waals surface area contributed by atoms with Crippen molar-refractivity contribution in [2.75, 3.05) is 19.6 Å². The zero-order valence-corrected chi connectivity index (χ0v) is 12.3. The average molecular weight is 307 g/mol. The first-order valence-electron chi connectivity index (χ1n) is 7.28. The molecule has 1 unspecified atom stereocenters. The van der Waals surface area contributed by atoms with Crippen LogP contribution < -0.4 is 10.8 Å². The van der Waals surface area contributed by atoms with E-state index < -0.39 is 17.9 Å². The Balaban J connectivity index is 1.85. The number of nitrogens with zero attached hydrogens (tertiary/aromatic N) is 1. The number of hydrogen-bond acceptors (Lipinski definition) is 5. The van der Waals surface area contributed by atoms with Crippen LogP contribution in [0.5, 0.6) is 0 Å². The molecule has 0 spiro atoms. The summed E-state index contributed by atoms with van der Waals surface area (Å²) in [4.78, 5) is 24.1. The SMILES string of the molecule is O=C(CCc1ccc(CN2CCNC(C(=O)O)C2)cc1)NO. The van der Waals surface area contributed by atoms with Crippen LogP contribution in [0.2, 0.25) is 0 Å². The average Bonchev–Trinajstić information content (AvgIpc) is 2.54. The summed E-state index contributed by atoms with van der Waals surface area (Å²) >= 11 is 0. The molecule has 0 bridgehead atoms. The van der Waals surface area contributed by atoms with E-state index in [9.17, 15) is 9.59 Å². The lowest BCUT2D eigenvalue weighted by molar-refractivity contribution is -0.140. The number of carbonyl (C=O) groups is 2. The molecule has 0 saturated carbocycles. The van der Waals surface area contributed by atoms with E-state index in [0.717, 1.165) is 17.7 Å². The second-order valence-corrected chi connectivity index (χ2v) is 5.43. The summed E-state index contributed by atoms with van der Waals surface area (Å²) in [6.45, 7) is 2.70.